The van der Waals surface area contributed by atoms with Crippen LogP contribution in [0, 0.1) is 10.1 Å². The second-order valence-corrected chi connectivity index (χ2v) is 10.4. The molecule has 11 nitrogen and oxygen atoms in total. The number of para-hydroxylation sites is 1. The van der Waals surface area contributed by atoms with E-state index in [-0.39, 0.29) is 11.3 Å². The first-order valence-electron chi connectivity index (χ1n) is 11.0. The number of ether oxygens (including phenoxy) is 2. The van der Waals surface area contributed by atoms with Crippen molar-refractivity contribution >= 4 is 51.9 Å². The zero-order valence-electron chi connectivity index (χ0n) is 20.1. The maximum atomic E-state index is 12.9. The first-order valence-corrected chi connectivity index (χ1v) is 12.3. The lowest BCUT2D eigenvalue weighted by molar-refractivity contribution is -0.384. The highest BCUT2D eigenvalue weighted by Crippen LogP contribution is 2.36. The number of likely N-dealkylation sites (tertiary alicyclic amines) is 1. The van der Waals surface area contributed by atoms with E-state index < -0.39 is 56.9 Å². The maximum absolute atomic E-state index is 12.9. The molecule has 0 aromatic heterocycles. The van der Waals surface area contributed by atoms with Crippen LogP contribution in [0.4, 0.5) is 5.69 Å². The number of nitrogens with zero attached hydrogens (tertiary/aromatic N) is 2. The summed E-state index contributed by atoms with van der Waals surface area (Å²) in [5.41, 5.74) is -2.51. The number of amides is 2. The molecule has 1 saturated heterocycles. The van der Waals surface area contributed by atoms with Crippen molar-refractivity contribution in [3.05, 3.63) is 70.3 Å². The van der Waals surface area contributed by atoms with E-state index in [0.29, 0.717) is 17.5 Å². The van der Waals surface area contributed by atoms with Gasteiger partial charge in [0.15, 0.2) is 6.61 Å². The Bertz CT molecular complexity index is 1190. The molecule has 2 aromatic carbocycles. The number of nitrogens with one attached hydrogen (secondary N) is 1. The van der Waals surface area contributed by atoms with Crippen molar-refractivity contribution < 1.29 is 33.6 Å². The highest BCUT2D eigenvalue weighted by molar-refractivity contribution is 8.14. The largest absolute Gasteiger partial charge is 0.484 e. The first-order chi connectivity index (χ1) is 17.4. The molecule has 1 aliphatic heterocycles. The van der Waals surface area contributed by atoms with Crippen LogP contribution in [0.1, 0.15) is 31.1 Å². The summed E-state index contributed by atoms with van der Waals surface area (Å²) in [5.74, 6) is -1.76. The van der Waals surface area contributed by atoms with Crippen molar-refractivity contribution in [3.63, 3.8) is 0 Å². The number of nitro groups is 1. The number of non-ortho nitro benzene ring substituents is 1. The Hall–Kier alpha value is -3.64. The monoisotopic (exact) mass is 549 g/mol. The molecule has 0 bridgehead atoms. The van der Waals surface area contributed by atoms with Crippen molar-refractivity contribution in [2.75, 3.05) is 6.61 Å². The first kappa shape index (κ1) is 27.9. The predicted molar refractivity (Wildman–Crippen MR) is 135 cm³/mol. The van der Waals surface area contributed by atoms with E-state index in [1.807, 2.05) is 0 Å². The van der Waals surface area contributed by atoms with Gasteiger partial charge in [0.1, 0.15) is 22.8 Å². The summed E-state index contributed by atoms with van der Waals surface area (Å²) in [6, 6.07) is 12.3. The van der Waals surface area contributed by atoms with E-state index in [1.165, 1.54) is 24.3 Å². The highest BCUT2D eigenvalue weighted by atomic mass is 35.5. The number of nitro benzene ring substituents is 1. The van der Waals surface area contributed by atoms with Crippen molar-refractivity contribution in [2.45, 2.75) is 43.3 Å². The molecule has 0 aliphatic carbocycles. The lowest BCUT2D eigenvalue weighted by Gasteiger charge is -2.47. The fourth-order valence-corrected chi connectivity index (χ4v) is 4.71. The average Bonchev–Trinajstić information content (AvgIpc) is 2.85. The summed E-state index contributed by atoms with van der Waals surface area (Å²) >= 11 is 6.89. The Morgan fingerprint density at radius 1 is 1.14 bits per heavy atom. The van der Waals surface area contributed by atoms with Crippen LogP contribution < -0.4 is 10.1 Å². The third-order valence-corrected chi connectivity index (χ3v) is 6.48. The molecule has 13 heteroatoms. The normalized spacial score (nSPS) is 17.8. The molecule has 1 heterocycles. The van der Waals surface area contributed by atoms with Crippen LogP contribution >= 0.6 is 23.4 Å². The van der Waals surface area contributed by atoms with Gasteiger partial charge in [0, 0.05) is 17.7 Å². The second-order valence-electron chi connectivity index (χ2n) is 8.86. The molecule has 2 aromatic rings. The van der Waals surface area contributed by atoms with Crippen molar-refractivity contribution in [3.8, 4) is 5.75 Å². The smallest absolute Gasteiger partial charge is 0.345 e. The number of benzene rings is 2. The van der Waals surface area contributed by atoms with E-state index in [9.17, 15) is 29.3 Å². The van der Waals surface area contributed by atoms with Gasteiger partial charge in [-0.2, -0.15) is 0 Å². The number of esters is 1. The van der Waals surface area contributed by atoms with Crippen LogP contribution in [0.15, 0.2) is 54.6 Å². The zero-order chi connectivity index (χ0) is 27.3. The molecule has 2 amide bonds. The lowest BCUT2D eigenvalue weighted by Crippen LogP contribution is -2.72. The SMILES string of the molecule is CC(C)(C)OC(=O)C(Cl)N1C(=O)[C@@H](NC(=O)COc2ccccc2)[C@H]1SC(=O)c1ccc([N+](=O)[O-])cc1. The summed E-state index contributed by atoms with van der Waals surface area (Å²) in [6.07, 6.45) is 0. The molecular weight excluding hydrogens is 526 g/mol. The highest BCUT2D eigenvalue weighted by Gasteiger charge is 2.54. The molecule has 1 N–H and O–H groups in total. The Kier molecular flexibility index (Phi) is 8.77. The molecule has 3 atom stereocenters. The second kappa shape index (κ2) is 11.6. The van der Waals surface area contributed by atoms with Crippen molar-refractivity contribution in [2.24, 2.45) is 0 Å². The number of rotatable bonds is 9. The fraction of sp³-hybridized carbons (Fsp3) is 0.333. The minimum Gasteiger partial charge on any atom is -0.484 e. The Morgan fingerprint density at radius 2 is 1.76 bits per heavy atom. The number of thioether (sulfide) groups is 1. The maximum Gasteiger partial charge on any atom is 0.345 e. The predicted octanol–water partition coefficient (Wildman–Crippen LogP) is 3.11. The van der Waals surface area contributed by atoms with Crippen LogP contribution in [-0.2, 0) is 19.1 Å². The van der Waals surface area contributed by atoms with Crippen LogP contribution in [0.5, 0.6) is 5.75 Å². The number of β-lactam (4-membered cyclic amide) rings is 1. The van der Waals surface area contributed by atoms with E-state index in [0.717, 1.165) is 4.90 Å². The number of hydrogen-bond donors (Lipinski definition) is 1. The van der Waals surface area contributed by atoms with Crippen LogP contribution in [0.25, 0.3) is 0 Å². The van der Waals surface area contributed by atoms with E-state index >= 15 is 0 Å². The van der Waals surface area contributed by atoms with Gasteiger partial charge >= 0.3 is 5.97 Å². The fourth-order valence-electron chi connectivity index (χ4n) is 3.23. The van der Waals surface area contributed by atoms with Crippen molar-refractivity contribution in [1.29, 1.82) is 0 Å². The van der Waals surface area contributed by atoms with Crippen LogP contribution in [0.3, 0.4) is 0 Å². The molecule has 196 valence electrons. The molecule has 1 unspecified atom stereocenters. The molecule has 0 spiro atoms. The van der Waals surface area contributed by atoms with Gasteiger partial charge in [-0.15, -0.1) is 0 Å². The number of carbonyl (C=O) groups is 4. The van der Waals surface area contributed by atoms with Crippen molar-refractivity contribution in [1.82, 2.24) is 10.2 Å². The van der Waals surface area contributed by atoms with Gasteiger partial charge < -0.3 is 14.8 Å². The Balaban J connectivity index is 1.75. The van der Waals surface area contributed by atoms with E-state index in [1.54, 1.807) is 51.1 Å². The van der Waals surface area contributed by atoms with E-state index in [2.05, 4.69) is 5.32 Å². The number of halogens is 1. The Labute approximate surface area is 221 Å². The molecule has 0 saturated carbocycles. The minimum absolute atomic E-state index is 0.121. The number of alkyl halides is 1. The van der Waals surface area contributed by atoms with Gasteiger partial charge in [0.2, 0.25) is 10.6 Å². The summed E-state index contributed by atoms with van der Waals surface area (Å²) in [5, 5.41) is 11.8. The van der Waals surface area contributed by atoms with Gasteiger partial charge in [0.25, 0.3) is 17.5 Å². The average molecular weight is 550 g/mol. The van der Waals surface area contributed by atoms with Gasteiger partial charge in [-0.05, 0) is 45.0 Å². The third-order valence-electron chi connectivity index (χ3n) is 4.90. The Morgan fingerprint density at radius 3 is 2.32 bits per heavy atom. The molecule has 37 heavy (non-hydrogen) atoms. The lowest BCUT2D eigenvalue weighted by atomic mass is 10.1. The van der Waals surface area contributed by atoms with E-state index in [4.69, 9.17) is 21.1 Å². The van der Waals surface area contributed by atoms with Gasteiger partial charge in [0.05, 0.1) is 4.92 Å². The standard InChI is InChI=1S/C24H24ClN3O8S/c1-24(2,3)36-22(31)19(25)27-20(30)18(26-17(29)13-35-16-7-5-4-6-8-16)21(27)37-23(32)14-9-11-15(12-10-14)28(33)34/h4-12,18-19,21H,13H2,1-3H3,(H,26,29)/t18-,19?,21-/m1/s1. The van der Waals surface area contributed by atoms with Crippen LogP contribution in [-0.4, -0.2) is 61.8 Å². The van der Waals surface area contributed by atoms with Gasteiger partial charge in [-0.25, -0.2) is 4.79 Å². The molecule has 0 radical (unpaired) electrons. The third kappa shape index (κ3) is 7.20. The summed E-state index contributed by atoms with van der Waals surface area (Å²) < 4.78 is 10.6. The number of carbonyl (C=O) groups excluding carboxylic acids is 4. The van der Waals surface area contributed by atoms with Gasteiger partial charge in [-0.3, -0.25) is 29.4 Å². The summed E-state index contributed by atoms with van der Waals surface area (Å²) in [6.45, 7) is 4.50. The molecule has 1 aliphatic rings. The minimum atomic E-state index is -1.55. The summed E-state index contributed by atoms with van der Waals surface area (Å²) in [4.78, 5) is 62.0. The van der Waals surface area contributed by atoms with Gasteiger partial charge in [-0.1, -0.05) is 41.6 Å². The molecule has 3 rings (SSSR count). The topological polar surface area (TPSA) is 145 Å². The van der Waals surface area contributed by atoms with Crippen LogP contribution in [0.2, 0.25) is 0 Å². The zero-order valence-corrected chi connectivity index (χ0v) is 21.7. The molecule has 1 fully saturated rings. The number of hydrogen-bond acceptors (Lipinski definition) is 9. The summed E-state index contributed by atoms with van der Waals surface area (Å²) in [7, 11) is 0. The quantitative estimate of drug-likeness (QED) is 0.124. The molecular formula is C24H24ClN3O8S.